The number of fused-ring (bicyclic) bond motifs is 1. The van der Waals surface area contributed by atoms with Crippen LogP contribution in [0.25, 0.3) is 11.0 Å². The molecule has 0 radical (unpaired) electrons. The van der Waals surface area contributed by atoms with Crippen molar-refractivity contribution in [3.63, 3.8) is 0 Å². The minimum Gasteiger partial charge on any atom is -0.309 e. The number of aromatic nitrogens is 3. The average Bonchev–Trinajstić information content (AvgIpc) is 3.45. The molecule has 0 N–H and O–H groups in total. The minimum absolute atomic E-state index is 0.0176. The second-order valence-electron chi connectivity index (χ2n) is 6.86. The van der Waals surface area contributed by atoms with E-state index >= 15 is 0 Å². The molecule has 1 fully saturated rings. The topological polar surface area (TPSA) is 51.0 Å². The summed E-state index contributed by atoms with van der Waals surface area (Å²) in [4.78, 5) is 20.1. The summed E-state index contributed by atoms with van der Waals surface area (Å²) < 4.78 is 1.93. The van der Waals surface area contributed by atoms with Gasteiger partial charge in [0, 0.05) is 30.4 Å². The van der Waals surface area contributed by atoms with E-state index in [9.17, 15) is 4.79 Å². The van der Waals surface area contributed by atoms with Crippen molar-refractivity contribution in [1.82, 2.24) is 14.8 Å². The number of hydrogen-bond donors (Lipinski definition) is 0. The van der Waals surface area contributed by atoms with Gasteiger partial charge in [0.2, 0.25) is 0 Å². The van der Waals surface area contributed by atoms with Crippen LogP contribution < -0.4 is 4.90 Å². The molecule has 1 amide bonds. The fourth-order valence-corrected chi connectivity index (χ4v) is 3.40. The van der Waals surface area contributed by atoms with Crippen LogP contribution in [-0.2, 0) is 6.54 Å². The van der Waals surface area contributed by atoms with Crippen LogP contribution in [0.5, 0.6) is 0 Å². The van der Waals surface area contributed by atoms with Gasteiger partial charge in [-0.1, -0.05) is 25.1 Å². The molecular weight excluding hydrogens is 324 g/mol. The molecule has 0 unspecified atom stereocenters. The standard InChI is InChI=1S/C21H24N4O/c1-3-12-25-20-18(14-22-25)17(13-19(23-20)15-10-11-15)21(26)24(4-2)16-8-6-5-7-9-16/h5-9,13-15H,3-4,10-12H2,1-2H3. The normalized spacial score (nSPS) is 13.9. The molecule has 3 aromatic rings. The van der Waals surface area contributed by atoms with Crippen molar-refractivity contribution in [2.45, 2.75) is 45.6 Å². The van der Waals surface area contributed by atoms with E-state index in [0.717, 1.165) is 48.2 Å². The molecule has 0 bridgehead atoms. The predicted molar refractivity (Wildman–Crippen MR) is 104 cm³/mol. The fraction of sp³-hybridized carbons (Fsp3) is 0.381. The first-order chi connectivity index (χ1) is 12.7. The third-order valence-electron chi connectivity index (χ3n) is 4.92. The lowest BCUT2D eigenvalue weighted by atomic mass is 10.1. The first-order valence-corrected chi connectivity index (χ1v) is 9.46. The molecule has 0 atom stereocenters. The Morgan fingerprint density at radius 2 is 2.00 bits per heavy atom. The van der Waals surface area contributed by atoms with Gasteiger partial charge in [0.1, 0.15) is 0 Å². The van der Waals surface area contributed by atoms with E-state index in [1.807, 2.05) is 52.9 Å². The van der Waals surface area contributed by atoms with Crippen LogP contribution in [0.2, 0.25) is 0 Å². The third kappa shape index (κ3) is 2.98. The number of carbonyl (C=O) groups excluding carboxylic acids is 1. The van der Waals surface area contributed by atoms with Crippen molar-refractivity contribution >= 4 is 22.6 Å². The maximum Gasteiger partial charge on any atom is 0.259 e. The van der Waals surface area contributed by atoms with Gasteiger partial charge in [-0.2, -0.15) is 5.10 Å². The van der Waals surface area contributed by atoms with Crippen molar-refractivity contribution in [2.75, 3.05) is 11.4 Å². The van der Waals surface area contributed by atoms with Crippen LogP contribution in [0.15, 0.2) is 42.6 Å². The molecule has 1 aliphatic carbocycles. The van der Waals surface area contributed by atoms with Gasteiger partial charge >= 0.3 is 0 Å². The zero-order valence-corrected chi connectivity index (χ0v) is 15.4. The molecule has 4 rings (SSSR count). The average molecular weight is 348 g/mol. The number of pyridine rings is 1. The SMILES string of the molecule is CCCn1ncc2c(C(=O)N(CC)c3ccccc3)cc(C3CC3)nc21. The van der Waals surface area contributed by atoms with Crippen LogP contribution in [-0.4, -0.2) is 27.2 Å². The monoisotopic (exact) mass is 348 g/mol. The summed E-state index contributed by atoms with van der Waals surface area (Å²) >= 11 is 0. The van der Waals surface area contributed by atoms with Crippen molar-refractivity contribution in [1.29, 1.82) is 0 Å². The van der Waals surface area contributed by atoms with Crippen LogP contribution in [0.3, 0.4) is 0 Å². The van der Waals surface area contributed by atoms with Gasteiger partial charge in [0.05, 0.1) is 17.1 Å². The van der Waals surface area contributed by atoms with Gasteiger partial charge in [-0.05, 0) is 44.4 Å². The van der Waals surface area contributed by atoms with Crippen molar-refractivity contribution in [2.24, 2.45) is 0 Å². The molecule has 0 spiro atoms. The number of amides is 1. The predicted octanol–water partition coefficient (Wildman–Crippen LogP) is 4.39. The highest BCUT2D eigenvalue weighted by Gasteiger charge is 2.29. The summed E-state index contributed by atoms with van der Waals surface area (Å²) in [6.07, 6.45) is 5.09. The van der Waals surface area contributed by atoms with E-state index in [4.69, 9.17) is 4.98 Å². The summed E-state index contributed by atoms with van der Waals surface area (Å²) in [5.41, 5.74) is 3.50. The number of carbonyl (C=O) groups is 1. The number of benzene rings is 1. The lowest BCUT2D eigenvalue weighted by Crippen LogP contribution is -2.30. The highest BCUT2D eigenvalue weighted by molar-refractivity contribution is 6.13. The molecule has 5 nitrogen and oxygen atoms in total. The van der Waals surface area contributed by atoms with E-state index < -0.39 is 0 Å². The number of anilines is 1. The maximum atomic E-state index is 13.4. The van der Waals surface area contributed by atoms with Crippen molar-refractivity contribution < 1.29 is 4.79 Å². The lowest BCUT2D eigenvalue weighted by molar-refractivity contribution is 0.0989. The highest BCUT2D eigenvalue weighted by Crippen LogP contribution is 2.40. The van der Waals surface area contributed by atoms with E-state index in [2.05, 4.69) is 12.0 Å². The second-order valence-corrected chi connectivity index (χ2v) is 6.86. The van der Waals surface area contributed by atoms with Crippen LogP contribution in [0.4, 0.5) is 5.69 Å². The Bertz CT molecular complexity index is 928. The molecule has 0 saturated heterocycles. The first-order valence-electron chi connectivity index (χ1n) is 9.46. The summed E-state index contributed by atoms with van der Waals surface area (Å²) in [6, 6.07) is 11.8. The Kier molecular flexibility index (Phi) is 4.45. The Morgan fingerprint density at radius 1 is 1.23 bits per heavy atom. The number of rotatable bonds is 6. The number of para-hydroxylation sites is 1. The quantitative estimate of drug-likeness (QED) is 0.664. The first kappa shape index (κ1) is 16.8. The molecule has 0 aliphatic heterocycles. The molecule has 1 saturated carbocycles. The summed E-state index contributed by atoms with van der Waals surface area (Å²) in [6.45, 7) is 5.56. The fourth-order valence-electron chi connectivity index (χ4n) is 3.40. The van der Waals surface area contributed by atoms with Crippen LogP contribution >= 0.6 is 0 Å². The van der Waals surface area contributed by atoms with E-state index in [1.165, 1.54) is 0 Å². The zero-order chi connectivity index (χ0) is 18.1. The molecule has 134 valence electrons. The Hall–Kier alpha value is -2.69. The molecular formula is C21H24N4O. The summed E-state index contributed by atoms with van der Waals surface area (Å²) in [5, 5.41) is 5.34. The van der Waals surface area contributed by atoms with Crippen LogP contribution in [0.1, 0.15) is 55.1 Å². The maximum absolute atomic E-state index is 13.4. The Labute approximate surface area is 153 Å². The lowest BCUT2D eigenvalue weighted by Gasteiger charge is -2.21. The van der Waals surface area contributed by atoms with E-state index in [0.29, 0.717) is 18.0 Å². The number of hydrogen-bond acceptors (Lipinski definition) is 3. The third-order valence-corrected chi connectivity index (χ3v) is 4.92. The molecule has 2 aromatic heterocycles. The largest absolute Gasteiger partial charge is 0.309 e. The number of nitrogens with zero attached hydrogens (tertiary/aromatic N) is 4. The van der Waals surface area contributed by atoms with E-state index in [1.54, 1.807) is 6.20 Å². The molecule has 5 heteroatoms. The summed E-state index contributed by atoms with van der Waals surface area (Å²) in [7, 11) is 0. The summed E-state index contributed by atoms with van der Waals surface area (Å²) in [5.74, 6) is 0.506. The zero-order valence-electron chi connectivity index (χ0n) is 15.4. The minimum atomic E-state index is 0.0176. The van der Waals surface area contributed by atoms with Gasteiger partial charge in [0.25, 0.3) is 5.91 Å². The second kappa shape index (κ2) is 6.90. The van der Waals surface area contributed by atoms with E-state index in [-0.39, 0.29) is 5.91 Å². The molecule has 1 aromatic carbocycles. The van der Waals surface area contributed by atoms with Gasteiger partial charge in [0.15, 0.2) is 5.65 Å². The molecule has 1 aliphatic rings. The van der Waals surface area contributed by atoms with Crippen molar-refractivity contribution in [3.05, 3.63) is 53.9 Å². The van der Waals surface area contributed by atoms with Crippen LogP contribution in [0, 0.1) is 0 Å². The van der Waals surface area contributed by atoms with Gasteiger partial charge in [-0.15, -0.1) is 0 Å². The molecule has 2 heterocycles. The van der Waals surface area contributed by atoms with Gasteiger partial charge in [-0.25, -0.2) is 9.67 Å². The Morgan fingerprint density at radius 3 is 2.65 bits per heavy atom. The smallest absolute Gasteiger partial charge is 0.259 e. The van der Waals surface area contributed by atoms with Gasteiger partial charge in [-0.3, -0.25) is 4.79 Å². The highest BCUT2D eigenvalue weighted by atomic mass is 16.2. The van der Waals surface area contributed by atoms with Gasteiger partial charge < -0.3 is 4.90 Å². The Balaban J connectivity index is 1.82. The van der Waals surface area contributed by atoms with Crippen molar-refractivity contribution in [3.8, 4) is 0 Å². The number of aryl methyl sites for hydroxylation is 1. The molecule has 26 heavy (non-hydrogen) atoms.